The van der Waals surface area contributed by atoms with Crippen molar-refractivity contribution in [2.75, 3.05) is 19.0 Å². The molecule has 2 aromatic heterocycles. The normalized spacial score (nSPS) is 10.5. The Hall–Kier alpha value is -0.810. The van der Waals surface area contributed by atoms with Crippen LogP contribution in [-0.4, -0.2) is 24.3 Å². The van der Waals surface area contributed by atoms with Crippen LogP contribution in [0.5, 0.6) is 0 Å². The van der Waals surface area contributed by atoms with Gasteiger partial charge in [0.2, 0.25) is 0 Å². The number of hydrogen-bond acceptors (Lipinski definition) is 3. The van der Waals surface area contributed by atoms with Gasteiger partial charge in [0, 0.05) is 14.1 Å². The number of thiophene rings is 1. The summed E-state index contributed by atoms with van der Waals surface area (Å²) >= 11 is 5.24. The summed E-state index contributed by atoms with van der Waals surface area (Å²) in [5.41, 5.74) is 1.05. The Kier molecular flexibility index (Phi) is 2.60. The Balaban J connectivity index is 2.47. The fraction of sp³-hybridized carbons (Fsp3) is 0.222. The Morgan fingerprint density at radius 1 is 1.50 bits per heavy atom. The fourth-order valence-corrected chi connectivity index (χ4v) is 2.80. The molecule has 0 amide bonds. The number of rotatable bonds is 2. The van der Waals surface area contributed by atoms with Crippen molar-refractivity contribution in [2.24, 2.45) is 0 Å². The molecule has 0 unspecified atom stereocenters. The summed E-state index contributed by atoms with van der Waals surface area (Å²) in [4.78, 5) is 3.16. The molecule has 0 aromatic carbocycles. The maximum atomic E-state index is 4.23. The molecule has 0 radical (unpaired) electrons. The zero-order valence-corrected chi connectivity index (χ0v) is 10.3. The van der Waals surface area contributed by atoms with Gasteiger partial charge in [0.25, 0.3) is 0 Å². The third-order valence-electron chi connectivity index (χ3n) is 1.88. The van der Waals surface area contributed by atoms with Crippen molar-refractivity contribution in [2.45, 2.75) is 0 Å². The van der Waals surface area contributed by atoms with E-state index in [0.717, 1.165) is 16.0 Å². The molecule has 0 fully saturated rings. The van der Waals surface area contributed by atoms with Crippen LogP contribution in [0.15, 0.2) is 22.0 Å². The lowest BCUT2D eigenvalue weighted by molar-refractivity contribution is 1.01. The molecule has 1 N–H and O–H groups in total. The summed E-state index contributed by atoms with van der Waals surface area (Å²) in [7, 11) is 3.94. The molecule has 0 spiro atoms. The Bertz CT molecular complexity index is 419. The van der Waals surface area contributed by atoms with Gasteiger partial charge in [-0.05, 0) is 27.4 Å². The molecular formula is C9H10BrN3S. The summed E-state index contributed by atoms with van der Waals surface area (Å²) in [5, 5.41) is 9.32. The van der Waals surface area contributed by atoms with Crippen molar-refractivity contribution in [3.05, 3.63) is 22.0 Å². The molecule has 2 aromatic rings. The predicted octanol–water partition coefficient (Wildman–Crippen LogP) is 2.97. The van der Waals surface area contributed by atoms with E-state index in [2.05, 4.69) is 37.6 Å². The smallest absolute Gasteiger partial charge is 0.164 e. The largest absolute Gasteiger partial charge is 0.360 e. The lowest BCUT2D eigenvalue weighted by Crippen LogP contribution is -2.09. The zero-order chi connectivity index (χ0) is 10.1. The number of aromatic nitrogens is 2. The minimum Gasteiger partial charge on any atom is -0.360 e. The van der Waals surface area contributed by atoms with Crippen molar-refractivity contribution < 1.29 is 0 Å². The zero-order valence-electron chi connectivity index (χ0n) is 7.91. The van der Waals surface area contributed by atoms with Gasteiger partial charge in [-0.1, -0.05) is 6.07 Å². The van der Waals surface area contributed by atoms with Gasteiger partial charge in [0.1, 0.15) is 0 Å². The number of H-pyrrole nitrogens is 1. The number of halogens is 1. The average Bonchev–Trinajstić information content (AvgIpc) is 2.71. The van der Waals surface area contributed by atoms with Crippen LogP contribution in [0.4, 0.5) is 5.82 Å². The summed E-state index contributed by atoms with van der Waals surface area (Å²) in [6, 6.07) is 4.10. The first kappa shape index (κ1) is 9.73. The molecule has 74 valence electrons. The number of anilines is 1. The van der Waals surface area contributed by atoms with E-state index in [0.29, 0.717) is 0 Å². The molecule has 0 aliphatic carbocycles. The SMILES string of the molecule is CN(C)c1n[nH]c(-c2cccs2)c1Br. The van der Waals surface area contributed by atoms with Crippen molar-refractivity contribution >= 4 is 33.1 Å². The van der Waals surface area contributed by atoms with E-state index in [-0.39, 0.29) is 0 Å². The first-order valence-corrected chi connectivity index (χ1v) is 5.82. The Morgan fingerprint density at radius 3 is 2.79 bits per heavy atom. The Morgan fingerprint density at radius 2 is 2.29 bits per heavy atom. The fourth-order valence-electron chi connectivity index (χ4n) is 1.20. The van der Waals surface area contributed by atoms with E-state index in [4.69, 9.17) is 0 Å². The molecule has 0 saturated heterocycles. The van der Waals surface area contributed by atoms with Gasteiger partial charge in [0.05, 0.1) is 15.0 Å². The van der Waals surface area contributed by atoms with E-state index < -0.39 is 0 Å². The summed E-state index contributed by atoms with van der Waals surface area (Å²) in [5.74, 6) is 0.924. The van der Waals surface area contributed by atoms with Crippen LogP contribution in [0, 0.1) is 0 Å². The van der Waals surface area contributed by atoms with Crippen LogP contribution in [0.2, 0.25) is 0 Å². The highest BCUT2D eigenvalue weighted by molar-refractivity contribution is 9.10. The first-order valence-electron chi connectivity index (χ1n) is 4.15. The van der Waals surface area contributed by atoms with Gasteiger partial charge in [-0.3, -0.25) is 5.10 Å². The van der Waals surface area contributed by atoms with E-state index >= 15 is 0 Å². The van der Waals surface area contributed by atoms with E-state index in [1.807, 2.05) is 25.1 Å². The van der Waals surface area contributed by atoms with Gasteiger partial charge in [-0.25, -0.2) is 0 Å². The van der Waals surface area contributed by atoms with Gasteiger partial charge < -0.3 is 4.90 Å². The van der Waals surface area contributed by atoms with Crippen molar-refractivity contribution in [1.29, 1.82) is 0 Å². The average molecular weight is 272 g/mol. The third-order valence-corrected chi connectivity index (χ3v) is 3.52. The van der Waals surface area contributed by atoms with Crippen molar-refractivity contribution in [3.63, 3.8) is 0 Å². The Labute approximate surface area is 94.9 Å². The summed E-state index contributed by atoms with van der Waals surface area (Å²) in [6.07, 6.45) is 0. The van der Waals surface area contributed by atoms with Crippen LogP contribution in [0.1, 0.15) is 0 Å². The number of aromatic amines is 1. The molecular weight excluding hydrogens is 262 g/mol. The van der Waals surface area contributed by atoms with E-state index in [9.17, 15) is 0 Å². The monoisotopic (exact) mass is 271 g/mol. The van der Waals surface area contributed by atoms with Crippen molar-refractivity contribution in [1.82, 2.24) is 10.2 Å². The molecule has 0 atom stereocenters. The molecule has 0 aliphatic heterocycles. The van der Waals surface area contributed by atoms with Crippen LogP contribution >= 0.6 is 27.3 Å². The molecule has 0 bridgehead atoms. The lowest BCUT2D eigenvalue weighted by Gasteiger charge is -2.07. The molecule has 0 saturated carbocycles. The quantitative estimate of drug-likeness (QED) is 0.911. The molecule has 3 nitrogen and oxygen atoms in total. The van der Waals surface area contributed by atoms with Crippen molar-refractivity contribution in [3.8, 4) is 10.6 Å². The molecule has 2 rings (SSSR count). The highest BCUT2D eigenvalue weighted by atomic mass is 79.9. The van der Waals surface area contributed by atoms with Crippen LogP contribution in [-0.2, 0) is 0 Å². The lowest BCUT2D eigenvalue weighted by atomic mass is 10.3. The summed E-state index contributed by atoms with van der Waals surface area (Å²) in [6.45, 7) is 0. The highest BCUT2D eigenvalue weighted by Gasteiger charge is 2.13. The van der Waals surface area contributed by atoms with Gasteiger partial charge in [-0.15, -0.1) is 11.3 Å². The van der Waals surface area contributed by atoms with E-state index in [1.54, 1.807) is 11.3 Å². The second-order valence-electron chi connectivity index (χ2n) is 3.11. The standard InChI is InChI=1S/C9H10BrN3S/c1-13(2)9-7(10)8(11-12-9)6-4-3-5-14-6/h3-5H,1-2H3,(H,11,12). The van der Waals surface area contributed by atoms with Gasteiger partial charge >= 0.3 is 0 Å². The minimum absolute atomic E-state index is 0.924. The number of nitrogens with zero attached hydrogens (tertiary/aromatic N) is 2. The molecule has 14 heavy (non-hydrogen) atoms. The third kappa shape index (κ3) is 1.57. The number of hydrogen-bond donors (Lipinski definition) is 1. The molecule has 5 heteroatoms. The maximum absolute atomic E-state index is 4.23. The number of nitrogens with one attached hydrogen (secondary N) is 1. The molecule has 0 aliphatic rings. The maximum Gasteiger partial charge on any atom is 0.164 e. The first-order chi connectivity index (χ1) is 6.70. The summed E-state index contributed by atoms with van der Waals surface area (Å²) < 4.78 is 1.02. The predicted molar refractivity (Wildman–Crippen MR) is 63.9 cm³/mol. The highest BCUT2D eigenvalue weighted by Crippen LogP contribution is 2.34. The topological polar surface area (TPSA) is 31.9 Å². The van der Waals surface area contributed by atoms with Gasteiger partial charge in [0.15, 0.2) is 5.82 Å². The van der Waals surface area contributed by atoms with Gasteiger partial charge in [-0.2, -0.15) is 5.10 Å². The van der Waals surface area contributed by atoms with E-state index in [1.165, 1.54) is 4.88 Å². The second kappa shape index (κ2) is 3.74. The van der Waals surface area contributed by atoms with Crippen LogP contribution < -0.4 is 4.90 Å². The molecule has 2 heterocycles. The van der Waals surface area contributed by atoms with Crippen LogP contribution in [0.3, 0.4) is 0 Å². The van der Waals surface area contributed by atoms with Crippen LogP contribution in [0.25, 0.3) is 10.6 Å². The minimum atomic E-state index is 0.924. The second-order valence-corrected chi connectivity index (χ2v) is 4.85.